The lowest BCUT2D eigenvalue weighted by Gasteiger charge is -2.17. The van der Waals surface area contributed by atoms with E-state index in [0.717, 1.165) is 18.1 Å². The number of hydrogen-bond donors (Lipinski definition) is 2. The van der Waals surface area contributed by atoms with Crippen molar-refractivity contribution in [3.05, 3.63) is 71.3 Å². The molecule has 2 N–H and O–H groups in total. The first-order valence-corrected chi connectivity index (χ1v) is 10.2. The van der Waals surface area contributed by atoms with Gasteiger partial charge in [-0.15, -0.1) is 5.10 Å². The van der Waals surface area contributed by atoms with Crippen LogP contribution < -0.4 is 5.32 Å². The lowest BCUT2D eigenvalue weighted by atomic mass is 9.95. The molecule has 0 unspecified atom stereocenters. The van der Waals surface area contributed by atoms with Crippen LogP contribution in [0.1, 0.15) is 24.1 Å². The number of imidazole rings is 1. The number of carbonyl (C=O) groups excluding carboxylic acids is 1. The van der Waals surface area contributed by atoms with Crippen LogP contribution in [0.25, 0.3) is 17.1 Å². The van der Waals surface area contributed by atoms with Gasteiger partial charge in [0, 0.05) is 22.5 Å². The number of carbonyl (C=O) groups is 1. The smallest absolute Gasteiger partial charge is 0.325 e. The Bertz CT molecular complexity index is 1330. The number of benzene rings is 2. The summed E-state index contributed by atoms with van der Waals surface area (Å²) in [5, 5.41) is 17.0. The Morgan fingerprint density at radius 1 is 1.18 bits per heavy atom. The first kappa shape index (κ1) is 21.1. The van der Waals surface area contributed by atoms with Gasteiger partial charge in [0.15, 0.2) is 11.5 Å². The topological polar surface area (TPSA) is 101 Å². The Kier molecular flexibility index (Phi) is 4.93. The van der Waals surface area contributed by atoms with Crippen molar-refractivity contribution in [2.24, 2.45) is 0 Å². The first-order valence-electron chi connectivity index (χ1n) is 9.83. The summed E-state index contributed by atoms with van der Waals surface area (Å²) < 4.78 is 40.3. The molecule has 1 amide bonds. The third-order valence-corrected chi connectivity index (χ3v) is 5.80. The van der Waals surface area contributed by atoms with Crippen molar-refractivity contribution in [1.29, 1.82) is 0 Å². The molecule has 1 saturated carbocycles. The summed E-state index contributed by atoms with van der Waals surface area (Å²) >= 11 is 6.10. The maximum Gasteiger partial charge on any atom is 0.434 e. The third kappa shape index (κ3) is 3.95. The molecule has 33 heavy (non-hydrogen) atoms. The number of nitrogens with zero attached hydrogens (tertiary/aromatic N) is 5. The van der Waals surface area contributed by atoms with E-state index < -0.39 is 17.3 Å². The van der Waals surface area contributed by atoms with Gasteiger partial charge in [-0.3, -0.25) is 4.79 Å². The molecular weight excluding hydrogens is 459 g/mol. The second-order valence-electron chi connectivity index (χ2n) is 7.69. The van der Waals surface area contributed by atoms with Crippen molar-refractivity contribution in [1.82, 2.24) is 30.2 Å². The molecular formula is C21H15ClF3N7O. The number of halogens is 4. The lowest BCUT2D eigenvalue weighted by Crippen LogP contribution is -2.27. The SMILES string of the molecule is O=C(Nc1ccc(-n2cnc(C(F)(F)F)c2)c(-c2nnn[nH]2)c1)C1(c2cccc(Cl)c2)CC1. The van der Waals surface area contributed by atoms with Crippen molar-refractivity contribution in [3.63, 3.8) is 0 Å². The first-order chi connectivity index (χ1) is 15.8. The predicted octanol–water partition coefficient (Wildman–Crippen LogP) is 4.39. The minimum atomic E-state index is -4.58. The normalized spacial score (nSPS) is 14.8. The number of aromatic nitrogens is 6. The molecule has 0 bridgehead atoms. The van der Waals surface area contributed by atoms with Crippen molar-refractivity contribution in [3.8, 4) is 17.1 Å². The van der Waals surface area contributed by atoms with Crippen LogP contribution in [0.15, 0.2) is 55.0 Å². The number of amides is 1. The molecule has 2 aromatic carbocycles. The summed E-state index contributed by atoms with van der Waals surface area (Å²) in [4.78, 5) is 16.6. The molecule has 4 aromatic rings. The average Bonchev–Trinajstić information content (AvgIpc) is 3.17. The van der Waals surface area contributed by atoms with Crippen molar-refractivity contribution < 1.29 is 18.0 Å². The van der Waals surface area contributed by atoms with E-state index in [1.54, 1.807) is 36.4 Å². The predicted molar refractivity (Wildman–Crippen MR) is 113 cm³/mol. The Labute approximate surface area is 189 Å². The van der Waals surface area contributed by atoms with Gasteiger partial charge in [0.05, 0.1) is 17.4 Å². The molecule has 12 heteroatoms. The van der Waals surface area contributed by atoms with E-state index in [4.69, 9.17) is 11.6 Å². The standard InChI is InChI=1S/C21H15ClF3N7O/c22-13-3-1-2-12(8-13)20(6-7-20)19(33)27-14-4-5-16(15(9-14)18-28-30-31-29-18)32-10-17(26-11-32)21(23,24)25/h1-5,8-11H,6-7H2,(H,27,33)(H,28,29,30,31). The van der Waals surface area contributed by atoms with E-state index in [-0.39, 0.29) is 11.7 Å². The zero-order valence-corrected chi connectivity index (χ0v) is 17.5. The summed E-state index contributed by atoms with van der Waals surface area (Å²) in [6.45, 7) is 0. The zero-order chi connectivity index (χ0) is 23.2. The van der Waals surface area contributed by atoms with E-state index in [1.165, 1.54) is 4.57 Å². The van der Waals surface area contributed by atoms with Crippen LogP contribution >= 0.6 is 11.6 Å². The fourth-order valence-corrected chi connectivity index (χ4v) is 3.90. The van der Waals surface area contributed by atoms with E-state index in [1.807, 2.05) is 6.07 Å². The summed E-state index contributed by atoms with van der Waals surface area (Å²) in [5.41, 5.74) is 0.325. The molecule has 5 rings (SSSR count). The van der Waals surface area contributed by atoms with E-state index in [9.17, 15) is 18.0 Å². The summed E-state index contributed by atoms with van der Waals surface area (Å²) in [7, 11) is 0. The number of H-pyrrole nitrogens is 1. The molecule has 2 aromatic heterocycles. The van der Waals surface area contributed by atoms with Crippen LogP contribution in [0.2, 0.25) is 5.02 Å². The largest absolute Gasteiger partial charge is 0.434 e. The van der Waals surface area contributed by atoms with Gasteiger partial charge in [0.1, 0.15) is 0 Å². The van der Waals surface area contributed by atoms with Crippen LogP contribution in [0.5, 0.6) is 0 Å². The maximum absolute atomic E-state index is 13.1. The van der Waals surface area contributed by atoms with Gasteiger partial charge in [-0.05, 0) is 59.2 Å². The van der Waals surface area contributed by atoms with Crippen molar-refractivity contribution in [2.75, 3.05) is 5.32 Å². The minimum Gasteiger partial charge on any atom is -0.325 e. The van der Waals surface area contributed by atoms with Gasteiger partial charge in [0.25, 0.3) is 0 Å². The fourth-order valence-electron chi connectivity index (χ4n) is 3.71. The number of tetrazole rings is 1. The molecule has 1 aliphatic carbocycles. The molecule has 1 fully saturated rings. The quantitative estimate of drug-likeness (QED) is 0.447. The van der Waals surface area contributed by atoms with Crippen LogP contribution in [-0.4, -0.2) is 36.1 Å². The number of aromatic amines is 1. The van der Waals surface area contributed by atoms with Gasteiger partial charge in [0.2, 0.25) is 5.91 Å². The van der Waals surface area contributed by atoms with Gasteiger partial charge < -0.3 is 9.88 Å². The molecule has 0 radical (unpaired) electrons. The molecule has 168 valence electrons. The number of nitrogens with one attached hydrogen (secondary N) is 2. The Morgan fingerprint density at radius 3 is 2.64 bits per heavy atom. The minimum absolute atomic E-state index is 0.193. The summed E-state index contributed by atoms with van der Waals surface area (Å²) in [6.07, 6.45) is -1.27. The van der Waals surface area contributed by atoms with Crippen LogP contribution in [-0.2, 0) is 16.4 Å². The van der Waals surface area contributed by atoms with Crippen LogP contribution in [0, 0.1) is 0 Å². The summed E-state index contributed by atoms with van der Waals surface area (Å²) in [5.74, 6) is 0.0282. The Hall–Kier alpha value is -3.73. The highest BCUT2D eigenvalue weighted by Crippen LogP contribution is 2.49. The molecule has 0 aliphatic heterocycles. The lowest BCUT2D eigenvalue weighted by molar-refractivity contribution is -0.140. The molecule has 8 nitrogen and oxygen atoms in total. The molecule has 0 atom stereocenters. The Balaban J connectivity index is 1.48. The Morgan fingerprint density at radius 2 is 2.00 bits per heavy atom. The third-order valence-electron chi connectivity index (χ3n) is 5.57. The van der Waals surface area contributed by atoms with Gasteiger partial charge in [-0.2, -0.15) is 13.2 Å². The maximum atomic E-state index is 13.1. The van der Waals surface area contributed by atoms with E-state index in [0.29, 0.717) is 34.8 Å². The highest BCUT2D eigenvalue weighted by Gasteiger charge is 2.51. The fraction of sp³-hybridized carbons (Fsp3) is 0.190. The van der Waals surface area contributed by atoms with Crippen LogP contribution in [0.4, 0.5) is 18.9 Å². The molecule has 2 heterocycles. The van der Waals surface area contributed by atoms with Gasteiger partial charge >= 0.3 is 6.18 Å². The van der Waals surface area contributed by atoms with Crippen molar-refractivity contribution in [2.45, 2.75) is 24.4 Å². The second-order valence-corrected chi connectivity index (χ2v) is 8.13. The number of rotatable bonds is 5. The van der Waals surface area contributed by atoms with E-state index in [2.05, 4.69) is 30.9 Å². The van der Waals surface area contributed by atoms with Gasteiger partial charge in [-0.1, -0.05) is 23.7 Å². The molecule has 0 saturated heterocycles. The van der Waals surface area contributed by atoms with Crippen LogP contribution in [0.3, 0.4) is 0 Å². The van der Waals surface area contributed by atoms with Crippen molar-refractivity contribution >= 4 is 23.2 Å². The second kappa shape index (κ2) is 7.69. The zero-order valence-electron chi connectivity index (χ0n) is 16.8. The molecule has 0 spiro atoms. The highest BCUT2D eigenvalue weighted by molar-refractivity contribution is 6.30. The summed E-state index contributed by atoms with van der Waals surface area (Å²) in [6, 6.07) is 11.9. The molecule has 1 aliphatic rings. The average molecular weight is 474 g/mol. The highest BCUT2D eigenvalue weighted by atomic mass is 35.5. The monoisotopic (exact) mass is 473 g/mol. The van der Waals surface area contributed by atoms with Gasteiger partial charge in [-0.25, -0.2) is 10.1 Å². The number of anilines is 1. The van der Waals surface area contributed by atoms with E-state index >= 15 is 0 Å². The number of hydrogen-bond acceptors (Lipinski definition) is 5. The number of alkyl halides is 3.